The second-order valence-corrected chi connectivity index (χ2v) is 9.45. The van der Waals surface area contributed by atoms with Crippen molar-refractivity contribution < 1.29 is 19.4 Å². The zero-order valence-electron chi connectivity index (χ0n) is 18.5. The second kappa shape index (κ2) is 9.34. The molecule has 0 atom stereocenters. The molecule has 1 N–H and O–H groups in total. The van der Waals surface area contributed by atoms with Gasteiger partial charge in [0, 0.05) is 6.42 Å². The molecule has 4 nitrogen and oxygen atoms in total. The number of aryl methyl sites for hydroxylation is 1. The Morgan fingerprint density at radius 2 is 1.59 bits per heavy atom. The minimum absolute atomic E-state index is 0.0179. The highest BCUT2D eigenvalue weighted by Gasteiger charge is 2.23. The number of aliphatic carboxylic acids is 1. The van der Waals surface area contributed by atoms with Crippen molar-refractivity contribution in [1.29, 1.82) is 0 Å². The maximum atomic E-state index is 10.7. The highest BCUT2D eigenvalue weighted by atomic mass is 16.5. The Kier molecular flexibility index (Phi) is 7.34. The van der Waals surface area contributed by atoms with Crippen LogP contribution in [-0.4, -0.2) is 24.3 Å². The highest BCUT2D eigenvalue weighted by molar-refractivity contribution is 5.67. The maximum absolute atomic E-state index is 10.7. The van der Waals surface area contributed by atoms with Crippen LogP contribution < -0.4 is 9.47 Å². The summed E-state index contributed by atoms with van der Waals surface area (Å²) in [4.78, 5) is 10.7. The molecule has 0 aromatic heterocycles. The van der Waals surface area contributed by atoms with Crippen molar-refractivity contribution in [3.8, 4) is 11.5 Å². The molecular weight excluding hydrogens is 364 g/mol. The van der Waals surface area contributed by atoms with Crippen molar-refractivity contribution in [3.63, 3.8) is 0 Å². The van der Waals surface area contributed by atoms with Crippen LogP contribution >= 0.6 is 0 Å². The molecule has 158 valence electrons. The van der Waals surface area contributed by atoms with E-state index in [1.165, 1.54) is 11.1 Å². The van der Waals surface area contributed by atoms with Crippen LogP contribution in [0, 0.1) is 0 Å². The van der Waals surface area contributed by atoms with E-state index in [-0.39, 0.29) is 17.3 Å². The average Bonchev–Trinajstić information content (AvgIpc) is 2.62. The largest absolute Gasteiger partial charge is 0.490 e. The molecule has 2 aromatic carbocycles. The summed E-state index contributed by atoms with van der Waals surface area (Å²) in [6, 6.07) is 14.0. The molecule has 0 spiro atoms. The van der Waals surface area contributed by atoms with Crippen LogP contribution in [0.3, 0.4) is 0 Å². The number of ether oxygens (including phenoxy) is 2. The lowest BCUT2D eigenvalue weighted by atomic mass is 9.80. The monoisotopic (exact) mass is 398 g/mol. The Labute approximate surface area is 174 Å². The first-order chi connectivity index (χ1) is 13.5. The molecule has 0 bridgehead atoms. The molecule has 0 aliphatic heterocycles. The van der Waals surface area contributed by atoms with E-state index in [2.05, 4.69) is 59.7 Å². The lowest BCUT2D eigenvalue weighted by Gasteiger charge is -2.27. The quantitative estimate of drug-likeness (QED) is 0.575. The molecule has 0 amide bonds. The molecular formula is C25H34O4. The van der Waals surface area contributed by atoms with E-state index in [1.54, 1.807) is 0 Å². The first-order valence-corrected chi connectivity index (χ1v) is 10.2. The molecule has 0 saturated heterocycles. The summed E-state index contributed by atoms with van der Waals surface area (Å²) in [5.74, 6) is 0.830. The number of carboxylic acid groups (broad SMARTS) is 1. The summed E-state index contributed by atoms with van der Waals surface area (Å²) in [6.45, 7) is 14.1. The van der Waals surface area contributed by atoms with Crippen molar-refractivity contribution in [1.82, 2.24) is 0 Å². The van der Waals surface area contributed by atoms with E-state index in [4.69, 9.17) is 14.6 Å². The van der Waals surface area contributed by atoms with Gasteiger partial charge in [-0.2, -0.15) is 0 Å². The van der Waals surface area contributed by atoms with Gasteiger partial charge >= 0.3 is 5.97 Å². The van der Waals surface area contributed by atoms with Gasteiger partial charge in [0.05, 0.1) is 0 Å². The standard InChI is InChI=1S/C25H34O4/c1-24(2,3)19-11-12-22(21(17-19)25(4,5)6)29-15-14-28-20-9-7-8-18(16-20)10-13-23(26)27/h7-9,11-12,16-17H,10,13-15H2,1-6H3,(H,26,27). The lowest BCUT2D eigenvalue weighted by Crippen LogP contribution is -2.19. The van der Waals surface area contributed by atoms with Gasteiger partial charge in [-0.05, 0) is 52.1 Å². The van der Waals surface area contributed by atoms with Gasteiger partial charge in [0.15, 0.2) is 0 Å². The van der Waals surface area contributed by atoms with Crippen LogP contribution in [0.2, 0.25) is 0 Å². The predicted octanol–water partition coefficient (Wildman–Crippen LogP) is 5.76. The third-order valence-electron chi connectivity index (χ3n) is 4.79. The Hall–Kier alpha value is -2.49. The van der Waals surface area contributed by atoms with Gasteiger partial charge in [0.2, 0.25) is 0 Å². The fourth-order valence-electron chi connectivity index (χ4n) is 3.06. The van der Waals surface area contributed by atoms with E-state index in [0.717, 1.165) is 17.1 Å². The number of hydrogen-bond donors (Lipinski definition) is 1. The Morgan fingerprint density at radius 3 is 2.21 bits per heavy atom. The second-order valence-electron chi connectivity index (χ2n) is 9.45. The Bertz CT molecular complexity index is 825. The average molecular weight is 399 g/mol. The van der Waals surface area contributed by atoms with E-state index in [1.807, 2.05) is 24.3 Å². The molecule has 4 heteroatoms. The molecule has 2 rings (SSSR count). The SMILES string of the molecule is CC(C)(C)c1ccc(OCCOc2cccc(CCC(=O)O)c2)c(C(C)(C)C)c1. The van der Waals surface area contributed by atoms with Crippen LogP contribution in [0.15, 0.2) is 42.5 Å². The van der Waals surface area contributed by atoms with E-state index < -0.39 is 5.97 Å². The molecule has 29 heavy (non-hydrogen) atoms. The third kappa shape index (κ3) is 7.12. The number of carboxylic acids is 1. The van der Waals surface area contributed by atoms with Gasteiger partial charge in [-0.25, -0.2) is 0 Å². The first-order valence-electron chi connectivity index (χ1n) is 10.2. The van der Waals surface area contributed by atoms with Crippen molar-refractivity contribution >= 4 is 5.97 Å². The lowest BCUT2D eigenvalue weighted by molar-refractivity contribution is -0.136. The third-order valence-corrected chi connectivity index (χ3v) is 4.79. The summed E-state index contributed by atoms with van der Waals surface area (Å²) >= 11 is 0. The Morgan fingerprint density at radius 1 is 0.897 bits per heavy atom. The van der Waals surface area contributed by atoms with Gasteiger partial charge in [-0.1, -0.05) is 65.8 Å². The minimum atomic E-state index is -0.795. The first kappa shape index (κ1) is 22.8. The van der Waals surface area contributed by atoms with Crippen molar-refractivity contribution in [2.75, 3.05) is 13.2 Å². The molecule has 0 saturated carbocycles. The van der Waals surface area contributed by atoms with Crippen LogP contribution in [0.4, 0.5) is 0 Å². The minimum Gasteiger partial charge on any atom is -0.490 e. The molecule has 0 aliphatic carbocycles. The maximum Gasteiger partial charge on any atom is 0.303 e. The summed E-state index contributed by atoms with van der Waals surface area (Å²) in [7, 11) is 0. The molecule has 0 fully saturated rings. The van der Waals surface area contributed by atoms with Crippen molar-refractivity contribution in [3.05, 3.63) is 59.2 Å². The van der Waals surface area contributed by atoms with Crippen LogP contribution in [0.1, 0.15) is 64.7 Å². The van der Waals surface area contributed by atoms with Crippen LogP contribution in [0.25, 0.3) is 0 Å². The van der Waals surface area contributed by atoms with Gasteiger partial charge < -0.3 is 14.6 Å². The van der Waals surface area contributed by atoms with Crippen LogP contribution in [0.5, 0.6) is 11.5 Å². The van der Waals surface area contributed by atoms with Gasteiger partial charge in [-0.15, -0.1) is 0 Å². The van der Waals surface area contributed by atoms with Crippen LogP contribution in [-0.2, 0) is 22.0 Å². The van der Waals surface area contributed by atoms with Crippen molar-refractivity contribution in [2.45, 2.75) is 65.2 Å². The van der Waals surface area contributed by atoms with Gasteiger partial charge in [0.1, 0.15) is 24.7 Å². The zero-order valence-corrected chi connectivity index (χ0v) is 18.5. The highest BCUT2D eigenvalue weighted by Crippen LogP contribution is 2.35. The van der Waals surface area contributed by atoms with E-state index in [9.17, 15) is 4.79 Å². The topological polar surface area (TPSA) is 55.8 Å². The number of benzene rings is 2. The number of rotatable bonds is 8. The van der Waals surface area contributed by atoms with E-state index >= 15 is 0 Å². The van der Waals surface area contributed by atoms with E-state index in [0.29, 0.717) is 19.6 Å². The molecule has 2 aromatic rings. The van der Waals surface area contributed by atoms with Gasteiger partial charge in [-0.3, -0.25) is 4.79 Å². The molecule has 0 unspecified atom stereocenters. The number of carbonyl (C=O) groups is 1. The predicted molar refractivity (Wildman–Crippen MR) is 117 cm³/mol. The molecule has 0 radical (unpaired) electrons. The fourth-order valence-corrected chi connectivity index (χ4v) is 3.06. The Balaban J connectivity index is 1.98. The summed E-state index contributed by atoms with van der Waals surface area (Å²) in [6.07, 6.45) is 0.616. The normalized spacial score (nSPS) is 11.9. The smallest absolute Gasteiger partial charge is 0.303 e. The summed E-state index contributed by atoms with van der Waals surface area (Å²) < 4.78 is 11.9. The zero-order chi connectivity index (χ0) is 21.7. The molecule has 0 aliphatic rings. The molecule has 0 heterocycles. The van der Waals surface area contributed by atoms with Gasteiger partial charge in [0.25, 0.3) is 0 Å². The number of hydrogen-bond acceptors (Lipinski definition) is 3. The van der Waals surface area contributed by atoms with Crippen molar-refractivity contribution in [2.24, 2.45) is 0 Å². The fraction of sp³-hybridized carbons (Fsp3) is 0.480. The summed E-state index contributed by atoms with van der Waals surface area (Å²) in [5.41, 5.74) is 3.52. The summed E-state index contributed by atoms with van der Waals surface area (Å²) in [5, 5.41) is 8.82.